The van der Waals surface area contributed by atoms with E-state index in [1.165, 1.54) is 0 Å². The van der Waals surface area contributed by atoms with Crippen molar-refractivity contribution < 1.29 is 14.4 Å². The minimum atomic E-state index is -1.13. The molecule has 2 aliphatic rings. The van der Waals surface area contributed by atoms with Gasteiger partial charge in [0.15, 0.2) is 6.54 Å². The minimum absolute atomic E-state index is 0.451. The van der Waals surface area contributed by atoms with Gasteiger partial charge in [-0.1, -0.05) is 29.3 Å². The Morgan fingerprint density at radius 2 is 1.81 bits per heavy atom. The molecule has 142 valence electrons. The molecule has 2 aromatic carbocycles. The van der Waals surface area contributed by atoms with E-state index in [-0.39, 0.29) is 0 Å². The van der Waals surface area contributed by atoms with Crippen molar-refractivity contribution in [2.75, 3.05) is 25.1 Å². The smallest absolute Gasteiger partial charge is 0.271 e. The molecule has 0 aliphatic carbocycles. The molecule has 1 N–H and O–H groups in total. The maximum absolute atomic E-state index is 11.8. The van der Waals surface area contributed by atoms with Gasteiger partial charge in [0.1, 0.15) is 11.4 Å². The van der Waals surface area contributed by atoms with Crippen LogP contribution in [0.3, 0.4) is 0 Å². The number of amidine groups is 1. The molecule has 0 bridgehead atoms. The molecule has 0 amide bonds. The van der Waals surface area contributed by atoms with Crippen LogP contribution in [-0.2, 0) is 5.72 Å². The zero-order valence-corrected chi connectivity index (χ0v) is 16.8. The minimum Gasteiger partial charge on any atom is -0.497 e. The van der Waals surface area contributed by atoms with Gasteiger partial charge in [0.2, 0.25) is 0 Å². The summed E-state index contributed by atoms with van der Waals surface area (Å²) in [5.41, 5.74) is 0.689. The zero-order valence-electron chi connectivity index (χ0n) is 15.3. The average molecular weight is 406 g/mol. The molecule has 27 heavy (non-hydrogen) atoms. The van der Waals surface area contributed by atoms with Gasteiger partial charge < -0.3 is 9.84 Å². The maximum Gasteiger partial charge on any atom is 0.271 e. The zero-order chi connectivity index (χ0) is 19.0. The lowest BCUT2D eigenvalue weighted by atomic mass is 10.0. The van der Waals surface area contributed by atoms with Crippen LogP contribution in [0.15, 0.2) is 42.5 Å². The molecule has 6 heteroatoms. The maximum atomic E-state index is 11.8. The average Bonchev–Trinajstić information content (AvgIpc) is 2.84. The molecule has 4 rings (SSSR count). The van der Waals surface area contributed by atoms with Crippen molar-refractivity contribution in [2.45, 2.75) is 31.4 Å². The molecule has 2 heterocycles. The third-order valence-corrected chi connectivity index (χ3v) is 6.24. The first-order chi connectivity index (χ1) is 13.0. The Labute approximate surface area is 169 Å². The lowest BCUT2D eigenvalue weighted by molar-refractivity contribution is -0.658. The lowest BCUT2D eigenvalue weighted by Crippen LogP contribution is -2.41. The van der Waals surface area contributed by atoms with E-state index < -0.39 is 5.72 Å². The molecular weight excluding hydrogens is 383 g/mol. The Balaban J connectivity index is 1.79. The Morgan fingerprint density at radius 3 is 2.52 bits per heavy atom. The van der Waals surface area contributed by atoms with Crippen LogP contribution in [0.2, 0.25) is 10.0 Å². The SMILES string of the molecule is COc1ccc(N2CC(O)(c3ccc(Cl)c(Cl)c3)[N+]3=C2CCCCC3)cc1. The van der Waals surface area contributed by atoms with Crippen molar-refractivity contribution in [3.05, 3.63) is 58.1 Å². The number of halogens is 2. The van der Waals surface area contributed by atoms with Crippen LogP contribution in [0.1, 0.15) is 31.2 Å². The molecule has 1 atom stereocenters. The molecule has 0 spiro atoms. The van der Waals surface area contributed by atoms with E-state index in [9.17, 15) is 5.11 Å². The molecule has 0 radical (unpaired) electrons. The van der Waals surface area contributed by atoms with Crippen LogP contribution in [0.4, 0.5) is 5.69 Å². The Bertz CT molecular complexity index is 882. The predicted octanol–water partition coefficient (Wildman–Crippen LogP) is 4.65. The highest BCUT2D eigenvalue weighted by molar-refractivity contribution is 6.42. The standard InChI is InChI=1S/C21H23Cl2N2O2/c1-27-17-9-7-16(8-10-17)24-14-21(26,15-6-11-18(22)19(23)13-15)25-12-4-2-3-5-20(24)25/h6-11,13,26H,2-5,12,14H2,1H3/q+1. The van der Waals surface area contributed by atoms with Gasteiger partial charge in [0.05, 0.1) is 23.7 Å². The molecule has 0 saturated heterocycles. The summed E-state index contributed by atoms with van der Waals surface area (Å²) < 4.78 is 7.42. The first kappa shape index (κ1) is 18.6. The first-order valence-electron chi connectivity index (χ1n) is 9.26. The van der Waals surface area contributed by atoms with Crippen molar-refractivity contribution in [3.63, 3.8) is 0 Å². The number of aliphatic hydroxyl groups is 1. The molecule has 0 saturated carbocycles. The first-order valence-corrected chi connectivity index (χ1v) is 10.0. The molecule has 0 aromatic heterocycles. The second kappa shape index (κ2) is 7.34. The van der Waals surface area contributed by atoms with Gasteiger partial charge in [-0.3, -0.25) is 0 Å². The number of hydrogen-bond donors (Lipinski definition) is 1. The topological polar surface area (TPSA) is 35.7 Å². The van der Waals surface area contributed by atoms with Gasteiger partial charge in [-0.2, -0.15) is 0 Å². The lowest BCUT2D eigenvalue weighted by Gasteiger charge is -2.24. The number of methoxy groups -OCH3 is 1. The molecule has 2 aliphatic heterocycles. The third-order valence-electron chi connectivity index (χ3n) is 5.50. The summed E-state index contributed by atoms with van der Waals surface area (Å²) in [5.74, 6) is 1.98. The van der Waals surface area contributed by atoms with Crippen LogP contribution < -0.4 is 9.64 Å². The van der Waals surface area contributed by atoms with Crippen LogP contribution in [-0.4, -0.2) is 35.7 Å². The van der Waals surface area contributed by atoms with Gasteiger partial charge in [-0.15, -0.1) is 0 Å². The number of β-amino-alcohol motifs (C(OH)–C–C–N with tert-alkyl or cyclic N) is 1. The van der Waals surface area contributed by atoms with Crippen molar-refractivity contribution in [2.24, 2.45) is 0 Å². The third kappa shape index (κ3) is 3.31. The summed E-state index contributed by atoms with van der Waals surface area (Å²) in [6.45, 7) is 1.27. The number of rotatable bonds is 3. The summed E-state index contributed by atoms with van der Waals surface area (Å²) in [6.07, 6.45) is 4.28. The Kier molecular flexibility index (Phi) is 5.06. The van der Waals surface area contributed by atoms with Gasteiger partial charge >= 0.3 is 0 Å². The number of nitrogens with zero attached hydrogens (tertiary/aromatic N) is 2. The number of anilines is 1. The van der Waals surface area contributed by atoms with Crippen LogP contribution in [0.5, 0.6) is 5.75 Å². The Hall–Kier alpha value is -1.75. The molecule has 1 unspecified atom stereocenters. The fourth-order valence-corrected chi connectivity index (χ4v) is 4.36. The van der Waals surface area contributed by atoms with E-state index in [1.54, 1.807) is 19.2 Å². The molecule has 0 fully saturated rings. The summed E-state index contributed by atoms with van der Waals surface area (Å²) in [5, 5.41) is 12.7. The Morgan fingerprint density at radius 1 is 1.04 bits per heavy atom. The van der Waals surface area contributed by atoms with Gasteiger partial charge in [0, 0.05) is 12.0 Å². The van der Waals surface area contributed by atoms with Gasteiger partial charge in [-0.25, -0.2) is 9.48 Å². The summed E-state index contributed by atoms with van der Waals surface area (Å²) in [7, 11) is 1.66. The molecule has 4 nitrogen and oxygen atoms in total. The molecular formula is C21H23Cl2N2O2+. The van der Waals surface area contributed by atoms with E-state index in [1.807, 2.05) is 30.3 Å². The van der Waals surface area contributed by atoms with Crippen molar-refractivity contribution in [1.29, 1.82) is 0 Å². The van der Waals surface area contributed by atoms with E-state index in [4.69, 9.17) is 27.9 Å². The van der Waals surface area contributed by atoms with Crippen LogP contribution >= 0.6 is 23.2 Å². The summed E-state index contributed by atoms with van der Waals surface area (Å²) in [4.78, 5) is 2.22. The summed E-state index contributed by atoms with van der Waals surface area (Å²) in [6, 6.07) is 13.4. The van der Waals surface area contributed by atoms with Gasteiger partial charge in [-0.05, 0) is 55.7 Å². The normalized spacial score (nSPS) is 22.6. The van der Waals surface area contributed by atoms with Crippen molar-refractivity contribution >= 4 is 34.7 Å². The van der Waals surface area contributed by atoms with E-state index in [0.717, 1.165) is 55.1 Å². The number of benzene rings is 2. The van der Waals surface area contributed by atoms with Crippen LogP contribution in [0, 0.1) is 0 Å². The fraction of sp³-hybridized carbons (Fsp3) is 0.381. The van der Waals surface area contributed by atoms with E-state index in [2.05, 4.69) is 9.48 Å². The summed E-state index contributed by atoms with van der Waals surface area (Å²) >= 11 is 12.3. The van der Waals surface area contributed by atoms with Crippen molar-refractivity contribution in [3.8, 4) is 5.75 Å². The highest BCUT2D eigenvalue weighted by Crippen LogP contribution is 2.37. The van der Waals surface area contributed by atoms with Gasteiger partial charge in [0.25, 0.3) is 11.6 Å². The van der Waals surface area contributed by atoms with Crippen LogP contribution in [0.25, 0.3) is 0 Å². The fourth-order valence-electron chi connectivity index (χ4n) is 4.06. The molecule has 2 aromatic rings. The number of hydrogen-bond acceptors (Lipinski definition) is 3. The quantitative estimate of drug-likeness (QED) is 0.754. The highest BCUT2D eigenvalue weighted by atomic mass is 35.5. The second-order valence-corrected chi connectivity index (χ2v) is 7.92. The number of ether oxygens (including phenoxy) is 1. The predicted molar refractivity (Wildman–Crippen MR) is 109 cm³/mol. The van der Waals surface area contributed by atoms with Crippen molar-refractivity contribution in [1.82, 2.24) is 0 Å². The van der Waals surface area contributed by atoms with E-state index >= 15 is 0 Å². The van der Waals surface area contributed by atoms with E-state index in [0.29, 0.717) is 16.6 Å². The largest absolute Gasteiger partial charge is 0.497 e. The highest BCUT2D eigenvalue weighted by Gasteiger charge is 2.52. The second-order valence-electron chi connectivity index (χ2n) is 7.11. The monoisotopic (exact) mass is 405 g/mol.